The molecule has 0 fully saturated rings. The number of rotatable bonds is 2. The largest absolute Gasteiger partial charge is 0.359 e. The van der Waals surface area contributed by atoms with Crippen LogP contribution in [0.3, 0.4) is 0 Å². The summed E-state index contributed by atoms with van der Waals surface area (Å²) in [4.78, 5) is 2.51. The lowest BCUT2D eigenvalue weighted by molar-refractivity contribution is 0.411. The van der Waals surface area contributed by atoms with Crippen LogP contribution >= 0.6 is 0 Å². The van der Waals surface area contributed by atoms with Gasteiger partial charge in [0, 0.05) is 11.1 Å². The summed E-state index contributed by atoms with van der Waals surface area (Å²) in [6, 6.07) is 22.9. The zero-order valence-corrected chi connectivity index (χ0v) is 19.7. The molecular weight excluding hydrogens is 376 g/mol. The second-order valence-corrected chi connectivity index (χ2v) is 11.7. The van der Waals surface area contributed by atoms with Gasteiger partial charge in [-0.2, -0.15) is 0 Å². The third-order valence-corrected chi connectivity index (χ3v) is 6.21. The summed E-state index contributed by atoms with van der Waals surface area (Å²) in [5.74, 6) is 0. The zero-order valence-electron chi connectivity index (χ0n) is 19.7. The molecule has 5 rings (SSSR count). The Labute approximate surface area is 187 Å². The zero-order chi connectivity index (χ0) is 22.0. The minimum Gasteiger partial charge on any atom is -0.359 e. The summed E-state index contributed by atoms with van der Waals surface area (Å²) >= 11 is 0. The molecule has 1 N–H and O–H groups in total. The van der Waals surface area contributed by atoms with Crippen molar-refractivity contribution in [3.63, 3.8) is 0 Å². The van der Waals surface area contributed by atoms with E-state index in [1.165, 1.54) is 44.9 Å². The molecule has 2 heterocycles. The molecule has 160 valence electrons. The van der Waals surface area contributed by atoms with Crippen molar-refractivity contribution < 1.29 is 0 Å². The number of nitrogens with zero attached hydrogens (tertiary/aromatic N) is 1. The lowest BCUT2D eigenvalue weighted by Crippen LogP contribution is -2.27. The van der Waals surface area contributed by atoms with Gasteiger partial charge in [0.15, 0.2) is 0 Å². The van der Waals surface area contributed by atoms with Crippen LogP contribution in [-0.4, -0.2) is 0 Å². The smallest absolute Gasteiger partial charge is 0.131 e. The van der Waals surface area contributed by atoms with E-state index in [0.29, 0.717) is 0 Å². The first-order chi connectivity index (χ1) is 14.6. The highest BCUT2D eigenvalue weighted by atomic mass is 15.3. The van der Waals surface area contributed by atoms with Crippen LogP contribution in [0.2, 0.25) is 0 Å². The van der Waals surface area contributed by atoms with Gasteiger partial charge in [-0.3, -0.25) is 0 Å². The van der Waals surface area contributed by atoms with E-state index >= 15 is 0 Å². The molecule has 0 aromatic heterocycles. The van der Waals surface area contributed by atoms with Crippen LogP contribution in [0.5, 0.6) is 0 Å². The molecule has 2 aliphatic heterocycles. The summed E-state index contributed by atoms with van der Waals surface area (Å²) in [5, 5.41) is 3.80. The number of anilines is 3. The molecule has 2 aliphatic rings. The third-order valence-electron chi connectivity index (χ3n) is 6.21. The van der Waals surface area contributed by atoms with Gasteiger partial charge in [-0.15, -0.1) is 0 Å². The van der Waals surface area contributed by atoms with Crippen LogP contribution in [0, 0.1) is 10.8 Å². The van der Waals surface area contributed by atoms with Gasteiger partial charge < -0.3 is 10.2 Å². The van der Waals surface area contributed by atoms with E-state index in [0.717, 1.165) is 12.8 Å². The predicted octanol–water partition coefficient (Wildman–Crippen LogP) is 8.11. The van der Waals surface area contributed by atoms with Crippen molar-refractivity contribution in [3.8, 4) is 11.1 Å². The predicted molar refractivity (Wildman–Crippen MR) is 133 cm³/mol. The van der Waals surface area contributed by atoms with E-state index in [4.69, 9.17) is 0 Å². The average Bonchev–Trinajstić information content (AvgIpc) is 3.05. The van der Waals surface area contributed by atoms with Crippen molar-refractivity contribution in [1.82, 2.24) is 0 Å². The summed E-state index contributed by atoms with van der Waals surface area (Å²) in [7, 11) is 0. The molecule has 31 heavy (non-hydrogen) atoms. The third kappa shape index (κ3) is 3.73. The van der Waals surface area contributed by atoms with E-state index in [-0.39, 0.29) is 17.0 Å². The summed E-state index contributed by atoms with van der Waals surface area (Å²) in [5.41, 5.74) is 11.2. The molecule has 0 amide bonds. The minimum atomic E-state index is 0.150. The SMILES string of the molecule is CC(C)(C)Cc1ccc2c(c1)-c1ccccc1C1Nc3ccc(CC(C)(C)C)cc3N21. The van der Waals surface area contributed by atoms with Crippen molar-refractivity contribution in [1.29, 1.82) is 0 Å². The Kier molecular flexibility index (Phi) is 4.48. The van der Waals surface area contributed by atoms with Gasteiger partial charge in [-0.25, -0.2) is 0 Å². The number of hydrogen-bond donors (Lipinski definition) is 1. The maximum atomic E-state index is 3.80. The minimum absolute atomic E-state index is 0.150. The van der Waals surface area contributed by atoms with Crippen molar-refractivity contribution in [2.75, 3.05) is 10.2 Å². The fraction of sp³-hybridized carbons (Fsp3) is 0.379. The number of benzene rings is 3. The number of nitrogens with one attached hydrogen (secondary N) is 1. The fourth-order valence-electron chi connectivity index (χ4n) is 5.17. The van der Waals surface area contributed by atoms with E-state index in [1.54, 1.807) is 0 Å². The van der Waals surface area contributed by atoms with Gasteiger partial charge >= 0.3 is 0 Å². The van der Waals surface area contributed by atoms with Crippen molar-refractivity contribution in [2.45, 2.75) is 60.5 Å². The van der Waals surface area contributed by atoms with Crippen LogP contribution in [0.1, 0.15) is 64.4 Å². The Morgan fingerprint density at radius 3 is 2.06 bits per heavy atom. The molecule has 2 heteroatoms. The quantitative estimate of drug-likeness (QED) is 0.459. The Morgan fingerprint density at radius 2 is 1.35 bits per heavy atom. The molecule has 1 atom stereocenters. The van der Waals surface area contributed by atoms with E-state index in [9.17, 15) is 0 Å². The van der Waals surface area contributed by atoms with Gasteiger partial charge in [0.25, 0.3) is 0 Å². The Balaban J connectivity index is 1.65. The molecule has 1 unspecified atom stereocenters. The highest BCUT2D eigenvalue weighted by Gasteiger charge is 2.38. The molecule has 0 radical (unpaired) electrons. The Bertz CT molecular complexity index is 1140. The highest BCUT2D eigenvalue weighted by molar-refractivity contribution is 5.95. The number of fused-ring (bicyclic) bond motifs is 8. The fourth-order valence-corrected chi connectivity index (χ4v) is 5.17. The van der Waals surface area contributed by atoms with Gasteiger partial charge in [0.1, 0.15) is 6.17 Å². The van der Waals surface area contributed by atoms with E-state index in [2.05, 4.69) is 112 Å². The molecule has 2 nitrogen and oxygen atoms in total. The normalized spacial score (nSPS) is 16.8. The average molecular weight is 411 g/mol. The number of hydrogen-bond acceptors (Lipinski definition) is 2. The summed E-state index contributed by atoms with van der Waals surface area (Å²) in [6.07, 6.45) is 2.31. The van der Waals surface area contributed by atoms with Crippen molar-refractivity contribution >= 4 is 17.1 Å². The molecule has 3 aromatic carbocycles. The second-order valence-electron chi connectivity index (χ2n) is 11.7. The lowest BCUT2D eigenvalue weighted by Gasteiger charge is -2.36. The highest BCUT2D eigenvalue weighted by Crippen LogP contribution is 2.54. The summed E-state index contributed by atoms with van der Waals surface area (Å²) in [6.45, 7) is 13.9. The summed E-state index contributed by atoms with van der Waals surface area (Å²) < 4.78 is 0. The lowest BCUT2D eigenvalue weighted by atomic mass is 9.85. The van der Waals surface area contributed by atoms with Gasteiger partial charge in [-0.05, 0) is 64.6 Å². The Hall–Kier alpha value is -2.74. The Morgan fingerprint density at radius 1 is 0.710 bits per heavy atom. The maximum absolute atomic E-state index is 3.80. The molecule has 0 aliphatic carbocycles. The van der Waals surface area contributed by atoms with Gasteiger partial charge in [0.05, 0.1) is 17.1 Å². The van der Waals surface area contributed by atoms with E-state index < -0.39 is 0 Å². The van der Waals surface area contributed by atoms with Gasteiger partial charge in [0.2, 0.25) is 0 Å². The van der Waals surface area contributed by atoms with Crippen LogP contribution < -0.4 is 10.2 Å². The second kappa shape index (κ2) is 6.88. The van der Waals surface area contributed by atoms with Crippen LogP contribution in [0.4, 0.5) is 17.1 Å². The molecular formula is C29H34N2. The van der Waals surface area contributed by atoms with Crippen molar-refractivity contribution in [3.05, 3.63) is 77.4 Å². The monoisotopic (exact) mass is 410 g/mol. The first kappa shape index (κ1) is 20.2. The molecule has 0 spiro atoms. The van der Waals surface area contributed by atoms with Crippen LogP contribution in [0.15, 0.2) is 60.7 Å². The van der Waals surface area contributed by atoms with Gasteiger partial charge in [-0.1, -0.05) is 77.9 Å². The van der Waals surface area contributed by atoms with Crippen molar-refractivity contribution in [2.24, 2.45) is 10.8 Å². The standard InChI is InChI=1S/C29H34N2/c1-28(2,3)17-19-12-14-25-23(15-19)21-9-7-8-10-22(21)27-30-24-13-11-20(18-29(4,5)6)16-26(24)31(25)27/h7-16,27,30H,17-18H2,1-6H3. The van der Waals surface area contributed by atoms with Crippen LogP contribution in [0.25, 0.3) is 11.1 Å². The maximum Gasteiger partial charge on any atom is 0.131 e. The molecule has 0 bridgehead atoms. The first-order valence-corrected chi connectivity index (χ1v) is 11.5. The molecule has 3 aromatic rings. The van der Waals surface area contributed by atoms with E-state index in [1.807, 2.05) is 0 Å². The van der Waals surface area contributed by atoms with Crippen LogP contribution in [-0.2, 0) is 12.8 Å². The molecule has 0 saturated carbocycles. The first-order valence-electron chi connectivity index (χ1n) is 11.5. The topological polar surface area (TPSA) is 15.3 Å². The molecule has 0 saturated heterocycles.